The zero-order chi connectivity index (χ0) is 35.1. The van der Waals surface area contributed by atoms with Crippen LogP contribution >= 0.6 is 0 Å². The Morgan fingerprint density at radius 1 is 0.412 bits per heavy atom. The maximum absolute atomic E-state index is 7.60. The van der Waals surface area contributed by atoms with E-state index in [1.807, 2.05) is 0 Å². The number of ether oxygens (including phenoxy) is 6. The summed E-state index contributed by atoms with van der Waals surface area (Å²) in [5.74, 6) is 0. The van der Waals surface area contributed by atoms with Crippen LogP contribution in [0.4, 0.5) is 0 Å². The summed E-state index contributed by atoms with van der Waals surface area (Å²) in [6, 6.07) is 0. The third kappa shape index (κ3) is 11.0. The van der Waals surface area contributed by atoms with Crippen molar-refractivity contribution < 1.29 is 28.4 Å². The highest BCUT2D eigenvalue weighted by atomic mass is 16.7. The lowest BCUT2D eigenvalue weighted by Gasteiger charge is -2.59. The fraction of sp³-hybridized carbons (Fsp3) is 1.00. The average molecular weight is 717 g/mol. The van der Waals surface area contributed by atoms with Gasteiger partial charge in [0, 0.05) is 30.5 Å². The van der Waals surface area contributed by atoms with E-state index in [1.54, 1.807) is 0 Å². The maximum atomic E-state index is 7.60. The summed E-state index contributed by atoms with van der Waals surface area (Å²) in [5.41, 5.74) is -0.749. The van der Waals surface area contributed by atoms with Crippen LogP contribution in [0.15, 0.2) is 0 Å². The van der Waals surface area contributed by atoms with Crippen LogP contribution in [0.25, 0.3) is 0 Å². The van der Waals surface area contributed by atoms with Crippen LogP contribution in [0.1, 0.15) is 206 Å². The molecule has 6 aliphatic carbocycles. The fourth-order valence-corrected chi connectivity index (χ4v) is 11.7. The quantitative estimate of drug-likeness (QED) is 0.0980. The Morgan fingerprint density at radius 2 is 0.824 bits per heavy atom. The van der Waals surface area contributed by atoms with Crippen molar-refractivity contribution in [3.63, 3.8) is 0 Å². The minimum Gasteiger partial charge on any atom is -0.378 e. The van der Waals surface area contributed by atoms with Crippen LogP contribution < -0.4 is 0 Å². The van der Waals surface area contributed by atoms with E-state index in [-0.39, 0.29) is 10.8 Å². The van der Waals surface area contributed by atoms with Crippen molar-refractivity contribution >= 4 is 0 Å². The Bertz CT molecular complexity index is 929. The summed E-state index contributed by atoms with van der Waals surface area (Å²) in [5, 5.41) is 0. The molecule has 0 bridgehead atoms. The van der Waals surface area contributed by atoms with E-state index in [4.69, 9.17) is 28.4 Å². The highest BCUT2D eigenvalue weighted by Crippen LogP contribution is 2.61. The topological polar surface area (TPSA) is 55.4 Å². The van der Waals surface area contributed by atoms with Gasteiger partial charge in [-0.05, 0) is 89.9 Å². The van der Waals surface area contributed by atoms with Crippen LogP contribution in [0.3, 0.4) is 0 Å². The summed E-state index contributed by atoms with van der Waals surface area (Å²) in [4.78, 5) is 0. The van der Waals surface area contributed by atoms with E-state index >= 15 is 0 Å². The molecule has 0 aromatic heterocycles. The molecule has 3 atom stereocenters. The molecular weight excluding hydrogens is 636 g/mol. The van der Waals surface area contributed by atoms with Gasteiger partial charge in [0.25, 0.3) is 0 Å². The van der Waals surface area contributed by atoms with E-state index in [0.29, 0.717) is 37.3 Å². The van der Waals surface area contributed by atoms with Crippen LogP contribution in [0.2, 0.25) is 0 Å². The maximum Gasteiger partial charge on any atom is 0.147 e. The molecule has 0 aromatic rings. The normalized spacial score (nSPS) is 33.1. The van der Waals surface area contributed by atoms with Crippen molar-refractivity contribution in [1.29, 1.82) is 0 Å². The molecule has 6 nitrogen and oxygen atoms in total. The Balaban J connectivity index is 1.35. The van der Waals surface area contributed by atoms with Crippen LogP contribution in [-0.2, 0) is 28.4 Å². The molecule has 6 saturated carbocycles. The molecule has 0 spiro atoms. The molecule has 6 fully saturated rings. The molecule has 0 N–H and O–H groups in total. The Morgan fingerprint density at radius 3 is 1.35 bits per heavy atom. The predicted molar refractivity (Wildman–Crippen MR) is 206 cm³/mol. The molecule has 0 saturated heterocycles. The molecular formula is C45H80O6. The Hall–Kier alpha value is -0.240. The molecule has 296 valence electrons. The minimum absolute atomic E-state index is 0.0625. The fourth-order valence-electron chi connectivity index (χ4n) is 11.7. The first kappa shape index (κ1) is 40.4. The molecule has 51 heavy (non-hydrogen) atoms. The van der Waals surface area contributed by atoms with Crippen LogP contribution in [0.5, 0.6) is 0 Å². The zero-order valence-electron chi connectivity index (χ0n) is 33.3. The minimum atomic E-state index is -0.425. The second-order valence-corrected chi connectivity index (χ2v) is 18.2. The van der Waals surface area contributed by atoms with Crippen molar-refractivity contribution in [3.8, 4) is 0 Å². The van der Waals surface area contributed by atoms with Gasteiger partial charge in [-0.15, -0.1) is 0 Å². The van der Waals surface area contributed by atoms with Gasteiger partial charge < -0.3 is 28.4 Å². The Labute approximate surface area is 313 Å². The molecule has 0 radical (unpaired) electrons. The summed E-state index contributed by atoms with van der Waals surface area (Å²) in [7, 11) is 0. The van der Waals surface area contributed by atoms with Gasteiger partial charge in [-0.1, -0.05) is 110 Å². The molecule has 6 rings (SSSR count). The highest BCUT2D eigenvalue weighted by molar-refractivity contribution is 5.12. The average Bonchev–Trinajstić information content (AvgIpc) is 3.81. The van der Waals surface area contributed by atoms with E-state index in [1.165, 1.54) is 173 Å². The van der Waals surface area contributed by atoms with E-state index < -0.39 is 5.60 Å². The van der Waals surface area contributed by atoms with Gasteiger partial charge in [-0.25, -0.2) is 0 Å². The first-order valence-corrected chi connectivity index (χ1v) is 22.9. The SMILES string of the molecule is CCC1(COC2CCCC2)CCCCC(CCOC2CCCCC2)(OCOC2CCCCCC2)C1(CCOC1CCCC1)COC1CCCCC1. The summed E-state index contributed by atoms with van der Waals surface area (Å²) < 4.78 is 42.5. The summed E-state index contributed by atoms with van der Waals surface area (Å²) in [6.45, 7) is 5.92. The van der Waals surface area contributed by atoms with Gasteiger partial charge in [-0.3, -0.25) is 0 Å². The lowest BCUT2D eigenvalue weighted by Crippen LogP contribution is -2.64. The lowest BCUT2D eigenvalue weighted by molar-refractivity contribution is -0.276. The van der Waals surface area contributed by atoms with Crippen molar-refractivity contribution in [2.45, 2.75) is 242 Å². The first-order chi connectivity index (χ1) is 25.2. The van der Waals surface area contributed by atoms with Gasteiger partial charge in [0.1, 0.15) is 6.79 Å². The van der Waals surface area contributed by atoms with Gasteiger partial charge in [0.2, 0.25) is 0 Å². The van der Waals surface area contributed by atoms with Crippen molar-refractivity contribution in [2.75, 3.05) is 33.2 Å². The molecule has 3 unspecified atom stereocenters. The van der Waals surface area contributed by atoms with Crippen molar-refractivity contribution in [3.05, 3.63) is 0 Å². The van der Waals surface area contributed by atoms with Gasteiger partial charge in [0.15, 0.2) is 0 Å². The van der Waals surface area contributed by atoms with Gasteiger partial charge in [0.05, 0.1) is 49.3 Å². The summed E-state index contributed by atoms with van der Waals surface area (Å²) >= 11 is 0. The smallest absolute Gasteiger partial charge is 0.147 e. The van der Waals surface area contributed by atoms with E-state index in [0.717, 1.165) is 52.1 Å². The molecule has 0 aliphatic heterocycles. The lowest BCUT2D eigenvalue weighted by atomic mass is 9.51. The van der Waals surface area contributed by atoms with Crippen LogP contribution in [0, 0.1) is 10.8 Å². The van der Waals surface area contributed by atoms with Gasteiger partial charge >= 0.3 is 0 Å². The zero-order valence-corrected chi connectivity index (χ0v) is 33.3. The molecule has 6 aliphatic rings. The largest absolute Gasteiger partial charge is 0.378 e. The monoisotopic (exact) mass is 717 g/mol. The van der Waals surface area contributed by atoms with E-state index in [9.17, 15) is 0 Å². The molecule has 0 amide bonds. The van der Waals surface area contributed by atoms with Crippen molar-refractivity contribution in [1.82, 2.24) is 0 Å². The van der Waals surface area contributed by atoms with Crippen LogP contribution in [-0.4, -0.2) is 69.3 Å². The number of hydrogen-bond acceptors (Lipinski definition) is 6. The standard InChI is InChI=1S/C45H80O6/c1-2-43(35-48-40-27-15-16-28-40)29-17-18-30-45(32-34-47-38-19-9-5-10-20-38,51-37-50-42-23-7-3-4-8-24-42)44(43,31-33-46-39-25-13-14-26-39)36-49-41-21-11-6-12-22-41/h38-42H,2-37H2,1H3. The first-order valence-electron chi connectivity index (χ1n) is 22.9. The predicted octanol–water partition coefficient (Wildman–Crippen LogP) is 11.8. The van der Waals surface area contributed by atoms with E-state index in [2.05, 4.69) is 6.92 Å². The third-order valence-electron chi connectivity index (χ3n) is 15.1. The molecule has 6 heteroatoms. The number of rotatable bonds is 19. The molecule has 0 aromatic carbocycles. The second kappa shape index (κ2) is 21.2. The van der Waals surface area contributed by atoms with Crippen molar-refractivity contribution in [2.24, 2.45) is 10.8 Å². The summed E-state index contributed by atoms with van der Waals surface area (Å²) in [6.07, 6.45) is 39.7. The second-order valence-electron chi connectivity index (χ2n) is 18.2. The Kier molecular flexibility index (Phi) is 16.8. The third-order valence-corrected chi connectivity index (χ3v) is 15.1. The van der Waals surface area contributed by atoms with Gasteiger partial charge in [-0.2, -0.15) is 0 Å². The number of hydrogen-bond donors (Lipinski definition) is 0. The highest BCUT2D eigenvalue weighted by Gasteiger charge is 2.64. The molecule has 0 heterocycles.